The third-order valence-electron chi connectivity index (χ3n) is 4.36. The Labute approximate surface area is 205 Å². The first-order valence-electron chi connectivity index (χ1n) is 8.85. The van der Waals surface area contributed by atoms with Crippen LogP contribution in [0.4, 0.5) is 39.5 Å². The van der Waals surface area contributed by atoms with Gasteiger partial charge in [0.2, 0.25) is 0 Å². The average molecular weight is 638 g/mol. The molecule has 3 rings (SSSR count). The monoisotopic (exact) mass is 638 g/mol. The van der Waals surface area contributed by atoms with Crippen molar-refractivity contribution >= 4 is 43.2 Å². The number of halogens is 11. The second kappa shape index (κ2) is 11.6. The Bertz CT molecular complexity index is 910. The number of benzene rings is 3. The van der Waals surface area contributed by atoms with Gasteiger partial charge in [0, 0.05) is 0 Å². The van der Waals surface area contributed by atoms with Crippen LogP contribution >= 0.6 is 27.3 Å². The molecule has 0 amide bonds. The predicted molar refractivity (Wildman–Crippen MR) is 112 cm³/mol. The Balaban J connectivity index is 0.00000129. The second-order valence-electron chi connectivity index (χ2n) is 6.52. The predicted octanol–water partition coefficient (Wildman–Crippen LogP) is 7.88. The molecule has 186 valence electrons. The van der Waals surface area contributed by atoms with Gasteiger partial charge in [-0.25, -0.2) is 0 Å². The summed E-state index contributed by atoms with van der Waals surface area (Å²) in [4.78, 5) is 0. The quantitative estimate of drug-likeness (QED) is 0.156. The minimum absolute atomic E-state index is 0.346. The van der Waals surface area contributed by atoms with Gasteiger partial charge in [0.05, 0.1) is 16.7 Å². The summed E-state index contributed by atoms with van der Waals surface area (Å²) in [6.45, 7) is 0. The van der Waals surface area contributed by atoms with Crippen LogP contribution in [-0.2, 0) is 33.7 Å². The standard InChI is InChI=1S/C21H12F9P.2ClH.Ru/c22-19(23,24)13-1-7-16(8-2-13)31(17-9-3-14(4-10-17)20(25,26)27)18-11-5-15(6-12-18)21(28,29)30;;;/h1-12H;2*1H;/q;;;+2/p-2. The molecule has 0 saturated heterocycles. The molecule has 0 saturated carbocycles. The Morgan fingerprint density at radius 2 is 0.618 bits per heavy atom. The van der Waals surface area contributed by atoms with E-state index in [1.54, 1.807) is 0 Å². The van der Waals surface area contributed by atoms with Gasteiger partial charge in [0.25, 0.3) is 0 Å². The van der Waals surface area contributed by atoms with Crippen LogP contribution in [0.15, 0.2) is 72.8 Å². The van der Waals surface area contributed by atoms with Crippen LogP contribution in [0.25, 0.3) is 0 Å². The van der Waals surface area contributed by atoms with E-state index in [-0.39, 0.29) is 15.1 Å². The summed E-state index contributed by atoms with van der Waals surface area (Å²) >= 11 is -0.346. The fraction of sp³-hybridized carbons (Fsp3) is 0.143. The van der Waals surface area contributed by atoms with E-state index in [1.807, 2.05) is 0 Å². The molecule has 0 fully saturated rings. The van der Waals surface area contributed by atoms with Gasteiger partial charge < -0.3 is 0 Å². The number of hydrogen-bond acceptors (Lipinski definition) is 0. The van der Waals surface area contributed by atoms with E-state index in [9.17, 15) is 39.5 Å². The molecule has 0 heterocycles. The fourth-order valence-corrected chi connectivity index (χ4v) is 5.08. The molecular weight excluding hydrogens is 626 g/mol. The van der Waals surface area contributed by atoms with Crippen LogP contribution in [0.2, 0.25) is 0 Å². The van der Waals surface area contributed by atoms with Gasteiger partial charge in [-0.05, 0) is 60.2 Å². The van der Waals surface area contributed by atoms with Crippen LogP contribution in [-0.4, -0.2) is 0 Å². The molecule has 0 spiro atoms. The first-order chi connectivity index (χ1) is 15.7. The van der Waals surface area contributed by atoms with Gasteiger partial charge in [-0.3, -0.25) is 0 Å². The van der Waals surface area contributed by atoms with E-state index in [0.29, 0.717) is 15.9 Å². The van der Waals surface area contributed by atoms with Crippen molar-refractivity contribution in [3.8, 4) is 0 Å². The van der Waals surface area contributed by atoms with E-state index >= 15 is 0 Å². The third kappa shape index (κ3) is 7.84. The maximum absolute atomic E-state index is 12.9. The van der Waals surface area contributed by atoms with Crippen LogP contribution < -0.4 is 15.9 Å². The van der Waals surface area contributed by atoms with Gasteiger partial charge in [0.15, 0.2) is 0 Å². The average Bonchev–Trinajstić information content (AvgIpc) is 2.74. The third-order valence-corrected chi connectivity index (χ3v) is 6.80. The molecule has 34 heavy (non-hydrogen) atoms. The fourth-order valence-electron chi connectivity index (χ4n) is 2.85. The molecule has 3 aromatic rings. The van der Waals surface area contributed by atoms with Crippen molar-refractivity contribution in [3.05, 3.63) is 89.5 Å². The van der Waals surface area contributed by atoms with E-state index in [1.165, 1.54) is 36.4 Å². The molecule has 0 unspecified atom stereocenters. The molecule has 0 aliphatic carbocycles. The molecule has 0 aliphatic heterocycles. The summed E-state index contributed by atoms with van der Waals surface area (Å²) in [6.07, 6.45) is -13.7. The summed E-state index contributed by atoms with van der Waals surface area (Å²) in [5.41, 5.74) is -2.73. The van der Waals surface area contributed by atoms with Crippen LogP contribution in [0, 0.1) is 0 Å². The van der Waals surface area contributed by atoms with Crippen LogP contribution in [0.3, 0.4) is 0 Å². The van der Waals surface area contributed by atoms with E-state index in [4.69, 9.17) is 19.4 Å². The molecule has 0 N–H and O–H groups in total. The number of rotatable bonds is 3. The molecule has 0 aliphatic rings. The zero-order valence-corrected chi connectivity index (χ0v) is 20.5. The first kappa shape index (κ1) is 28.9. The molecular formula is C21H12Cl2F9PRu. The van der Waals surface area contributed by atoms with Gasteiger partial charge in [0.1, 0.15) is 0 Å². The van der Waals surface area contributed by atoms with E-state index in [2.05, 4.69) is 0 Å². The molecule has 0 radical (unpaired) electrons. The first-order valence-corrected chi connectivity index (χ1v) is 14.7. The molecule has 3 aromatic carbocycles. The van der Waals surface area contributed by atoms with Crippen molar-refractivity contribution in [2.75, 3.05) is 0 Å². The Hall–Kier alpha value is -1.34. The van der Waals surface area contributed by atoms with Gasteiger partial charge in [-0.15, -0.1) is 0 Å². The maximum atomic E-state index is 12.9. The summed E-state index contributed by atoms with van der Waals surface area (Å²) < 4.78 is 116. The Morgan fingerprint density at radius 1 is 0.441 bits per heavy atom. The van der Waals surface area contributed by atoms with Crippen molar-refractivity contribution in [1.29, 1.82) is 0 Å². The number of hydrogen-bond donors (Lipinski definition) is 0. The van der Waals surface area contributed by atoms with Crippen molar-refractivity contribution < 1.29 is 54.7 Å². The van der Waals surface area contributed by atoms with Gasteiger partial charge in [-0.2, -0.15) is 39.5 Å². The van der Waals surface area contributed by atoms with Gasteiger partial charge in [-0.1, -0.05) is 36.4 Å². The molecule has 0 nitrogen and oxygen atoms in total. The van der Waals surface area contributed by atoms with Crippen LogP contribution in [0.1, 0.15) is 16.7 Å². The Kier molecular flexibility index (Phi) is 9.86. The second-order valence-corrected chi connectivity index (χ2v) is 11.4. The van der Waals surface area contributed by atoms with E-state index in [0.717, 1.165) is 36.4 Å². The molecule has 13 heteroatoms. The summed E-state index contributed by atoms with van der Waals surface area (Å²) in [7, 11) is 8.02. The van der Waals surface area contributed by atoms with Crippen molar-refractivity contribution in [2.24, 2.45) is 0 Å². The topological polar surface area (TPSA) is 0 Å². The minimum atomic E-state index is -4.58. The zero-order chi connectivity index (χ0) is 25.7. The molecule has 0 aromatic heterocycles. The Morgan fingerprint density at radius 3 is 0.765 bits per heavy atom. The van der Waals surface area contributed by atoms with Crippen molar-refractivity contribution in [2.45, 2.75) is 18.5 Å². The molecule has 0 atom stereocenters. The van der Waals surface area contributed by atoms with E-state index < -0.39 is 43.1 Å². The van der Waals surface area contributed by atoms with Gasteiger partial charge >= 0.3 is 53.1 Å². The van der Waals surface area contributed by atoms with Crippen LogP contribution in [0.5, 0.6) is 0 Å². The SMILES string of the molecule is FC(F)(F)c1ccc(P(c2ccc(C(F)(F)F)cc2)c2ccc(C(F)(F)F)cc2)cc1.[Cl][Ru][Cl]. The summed E-state index contributed by atoms with van der Waals surface area (Å²) in [6, 6.07) is 12.1. The number of alkyl halides is 9. The van der Waals surface area contributed by atoms with Crippen molar-refractivity contribution in [3.63, 3.8) is 0 Å². The normalized spacial score (nSPS) is 12.5. The molecule has 0 bridgehead atoms. The summed E-state index contributed by atoms with van der Waals surface area (Å²) in [5, 5.41) is 1.05. The van der Waals surface area contributed by atoms with Crippen molar-refractivity contribution in [1.82, 2.24) is 0 Å². The zero-order valence-electron chi connectivity index (χ0n) is 16.4. The summed E-state index contributed by atoms with van der Waals surface area (Å²) in [5.74, 6) is 0.